The number of amides is 2. The van der Waals surface area contributed by atoms with E-state index in [4.69, 9.17) is 0 Å². The van der Waals surface area contributed by atoms with Crippen molar-refractivity contribution in [1.29, 1.82) is 0 Å². The molecule has 4 aromatic rings. The molecule has 3 aromatic carbocycles. The fourth-order valence-corrected chi connectivity index (χ4v) is 4.20. The number of benzene rings is 3. The number of hydrogen-bond donors (Lipinski definition) is 2. The Labute approximate surface area is 194 Å². The Bertz CT molecular complexity index is 1260. The van der Waals surface area contributed by atoms with E-state index in [9.17, 15) is 14.0 Å². The topological polar surface area (TPSA) is 88.9 Å². The predicted molar refractivity (Wildman–Crippen MR) is 126 cm³/mol. The lowest BCUT2D eigenvalue weighted by Gasteiger charge is -2.17. The second-order valence-electron chi connectivity index (χ2n) is 7.12. The maximum Gasteiger partial charge on any atom is 0.242 e. The molecule has 1 atom stereocenters. The zero-order chi connectivity index (χ0) is 23.2. The van der Waals surface area contributed by atoms with Crippen molar-refractivity contribution in [2.75, 3.05) is 10.6 Å². The van der Waals surface area contributed by atoms with Crippen LogP contribution in [0.5, 0.6) is 0 Å². The van der Waals surface area contributed by atoms with Crippen LogP contribution < -0.4 is 10.6 Å². The first-order chi connectivity index (χ1) is 16.0. The van der Waals surface area contributed by atoms with Crippen molar-refractivity contribution in [3.63, 3.8) is 0 Å². The number of nitrogens with zero attached hydrogens (tertiary/aromatic N) is 3. The van der Waals surface area contributed by atoms with Crippen LogP contribution in [0.4, 0.5) is 15.8 Å². The molecule has 0 aliphatic heterocycles. The summed E-state index contributed by atoms with van der Waals surface area (Å²) in [5.74, 6) is -0.831. The van der Waals surface area contributed by atoms with Gasteiger partial charge < -0.3 is 10.6 Å². The zero-order valence-corrected chi connectivity index (χ0v) is 18.4. The zero-order valence-electron chi connectivity index (χ0n) is 17.6. The largest absolute Gasteiger partial charge is 0.326 e. The summed E-state index contributed by atoms with van der Waals surface area (Å²) in [5, 5.41) is 13.7. The number of nitrogens with one attached hydrogen (secondary N) is 2. The third-order valence-electron chi connectivity index (χ3n) is 4.64. The van der Waals surface area contributed by atoms with Crippen LogP contribution in [0.2, 0.25) is 0 Å². The van der Waals surface area contributed by atoms with Crippen LogP contribution in [0.3, 0.4) is 0 Å². The molecule has 0 saturated heterocycles. The van der Waals surface area contributed by atoms with Gasteiger partial charge in [0.1, 0.15) is 17.4 Å². The summed E-state index contributed by atoms with van der Waals surface area (Å²) in [5.41, 5.74) is 2.65. The van der Waals surface area contributed by atoms with E-state index < -0.39 is 5.25 Å². The maximum absolute atomic E-state index is 13.2. The number of thioether (sulfide) groups is 1. The van der Waals surface area contributed by atoms with E-state index in [0.29, 0.717) is 16.5 Å². The summed E-state index contributed by atoms with van der Waals surface area (Å²) in [6.07, 6.45) is 1.55. The van der Waals surface area contributed by atoms with Crippen LogP contribution in [0, 0.1) is 5.82 Å². The quantitative estimate of drug-likeness (QED) is 0.385. The summed E-state index contributed by atoms with van der Waals surface area (Å²) >= 11 is 1.24. The van der Waals surface area contributed by atoms with Gasteiger partial charge in [0.05, 0.1) is 5.69 Å². The van der Waals surface area contributed by atoms with Crippen LogP contribution in [0.15, 0.2) is 90.3 Å². The molecular formula is C24H20FN5O2S. The number of anilines is 2. The molecule has 4 rings (SSSR count). The first-order valence-corrected chi connectivity index (χ1v) is 10.9. The van der Waals surface area contributed by atoms with E-state index in [1.54, 1.807) is 23.0 Å². The lowest BCUT2D eigenvalue weighted by Crippen LogP contribution is -2.19. The van der Waals surface area contributed by atoms with Gasteiger partial charge in [0.15, 0.2) is 5.16 Å². The molecule has 33 heavy (non-hydrogen) atoms. The van der Waals surface area contributed by atoms with Crippen LogP contribution in [-0.2, 0) is 9.59 Å². The molecule has 9 heteroatoms. The summed E-state index contributed by atoms with van der Waals surface area (Å²) < 4.78 is 15.0. The molecule has 0 spiro atoms. The highest BCUT2D eigenvalue weighted by molar-refractivity contribution is 8.00. The molecule has 0 fully saturated rings. The van der Waals surface area contributed by atoms with Crippen molar-refractivity contribution in [3.05, 3.63) is 96.6 Å². The van der Waals surface area contributed by atoms with E-state index in [-0.39, 0.29) is 17.6 Å². The molecule has 0 aliphatic carbocycles. The van der Waals surface area contributed by atoms with Gasteiger partial charge in [-0.2, -0.15) is 0 Å². The summed E-state index contributed by atoms with van der Waals surface area (Å²) in [7, 11) is 0. The highest BCUT2D eigenvalue weighted by Crippen LogP contribution is 2.36. The Morgan fingerprint density at radius 2 is 1.70 bits per heavy atom. The van der Waals surface area contributed by atoms with Crippen LogP contribution in [-0.4, -0.2) is 26.6 Å². The minimum absolute atomic E-state index is 0.174. The molecule has 1 heterocycles. The minimum atomic E-state index is -0.641. The molecular weight excluding hydrogens is 441 g/mol. The smallest absolute Gasteiger partial charge is 0.242 e. The third-order valence-corrected chi connectivity index (χ3v) is 5.85. The number of halogens is 1. The number of aromatic nitrogens is 3. The molecule has 2 amide bonds. The molecule has 0 radical (unpaired) electrons. The first kappa shape index (κ1) is 22.2. The molecule has 0 bridgehead atoms. The van der Waals surface area contributed by atoms with E-state index in [1.165, 1.54) is 43.0 Å². The normalized spacial score (nSPS) is 11.6. The fourth-order valence-electron chi connectivity index (χ4n) is 3.17. The van der Waals surface area contributed by atoms with Gasteiger partial charge in [-0.15, -0.1) is 10.2 Å². The molecule has 2 N–H and O–H groups in total. The first-order valence-electron chi connectivity index (χ1n) is 10.1. The number of hydrogen-bond acceptors (Lipinski definition) is 5. The maximum atomic E-state index is 13.2. The van der Waals surface area contributed by atoms with E-state index in [0.717, 1.165) is 11.3 Å². The summed E-state index contributed by atoms with van der Waals surface area (Å²) in [6.45, 7) is 1.44. The van der Waals surface area contributed by atoms with Gasteiger partial charge in [-0.25, -0.2) is 4.39 Å². The lowest BCUT2D eigenvalue weighted by molar-refractivity contribution is -0.116. The van der Waals surface area contributed by atoms with Gasteiger partial charge in [-0.1, -0.05) is 48.2 Å². The van der Waals surface area contributed by atoms with Gasteiger partial charge >= 0.3 is 0 Å². The standard InChI is InChI=1S/C24H20FN5O2S/c1-16(31)27-20-8-5-9-21(14-20)30-15-26-29-24(30)33-22(17-6-3-2-4-7-17)23(32)28-19-12-10-18(25)11-13-19/h2-15,22H,1H3,(H,27,31)(H,28,32). The van der Waals surface area contributed by atoms with E-state index >= 15 is 0 Å². The average molecular weight is 462 g/mol. The fraction of sp³-hybridized carbons (Fsp3) is 0.0833. The predicted octanol–water partition coefficient (Wildman–Crippen LogP) is 4.84. The van der Waals surface area contributed by atoms with E-state index in [2.05, 4.69) is 20.8 Å². The molecule has 0 saturated carbocycles. The second-order valence-corrected chi connectivity index (χ2v) is 8.19. The monoisotopic (exact) mass is 461 g/mol. The molecule has 1 unspecified atom stereocenters. The SMILES string of the molecule is CC(=O)Nc1cccc(-n2cnnc2SC(C(=O)Nc2ccc(F)cc2)c2ccccc2)c1. The van der Waals surface area contributed by atoms with Crippen LogP contribution >= 0.6 is 11.8 Å². The molecule has 0 aliphatic rings. The number of carbonyl (C=O) groups excluding carboxylic acids is 2. The van der Waals surface area contributed by atoms with Crippen molar-refractivity contribution in [2.45, 2.75) is 17.3 Å². The molecule has 1 aromatic heterocycles. The third kappa shape index (κ3) is 5.64. The second kappa shape index (κ2) is 10.1. The highest BCUT2D eigenvalue weighted by atomic mass is 32.2. The van der Waals surface area contributed by atoms with Gasteiger partial charge in [0.2, 0.25) is 11.8 Å². The van der Waals surface area contributed by atoms with Crippen molar-refractivity contribution in [1.82, 2.24) is 14.8 Å². The Morgan fingerprint density at radius 1 is 0.939 bits per heavy atom. The Hall–Kier alpha value is -3.98. The van der Waals surface area contributed by atoms with Crippen molar-refractivity contribution in [2.24, 2.45) is 0 Å². The van der Waals surface area contributed by atoms with Gasteiger partial charge in [0, 0.05) is 18.3 Å². The lowest BCUT2D eigenvalue weighted by atomic mass is 10.1. The van der Waals surface area contributed by atoms with Crippen molar-refractivity contribution in [3.8, 4) is 5.69 Å². The van der Waals surface area contributed by atoms with Crippen LogP contribution in [0.1, 0.15) is 17.7 Å². The number of carbonyl (C=O) groups is 2. The van der Waals surface area contributed by atoms with Crippen LogP contribution in [0.25, 0.3) is 5.69 Å². The van der Waals surface area contributed by atoms with Gasteiger partial charge in [-0.3, -0.25) is 14.2 Å². The Balaban J connectivity index is 1.63. The average Bonchev–Trinajstić information content (AvgIpc) is 3.27. The van der Waals surface area contributed by atoms with Crippen molar-refractivity contribution < 1.29 is 14.0 Å². The Morgan fingerprint density at radius 3 is 2.42 bits per heavy atom. The van der Waals surface area contributed by atoms with Crippen molar-refractivity contribution >= 4 is 35.0 Å². The van der Waals surface area contributed by atoms with Gasteiger partial charge in [-0.05, 0) is 48.0 Å². The number of rotatable bonds is 7. The highest BCUT2D eigenvalue weighted by Gasteiger charge is 2.25. The molecule has 7 nitrogen and oxygen atoms in total. The van der Waals surface area contributed by atoms with Gasteiger partial charge in [0.25, 0.3) is 0 Å². The Kier molecular flexibility index (Phi) is 6.80. The molecule has 166 valence electrons. The summed E-state index contributed by atoms with van der Waals surface area (Å²) in [6, 6.07) is 22.2. The minimum Gasteiger partial charge on any atom is -0.326 e. The summed E-state index contributed by atoms with van der Waals surface area (Å²) in [4.78, 5) is 24.6. The van der Waals surface area contributed by atoms with E-state index in [1.807, 2.05) is 42.5 Å².